The molecule has 0 radical (unpaired) electrons. The van der Waals surface area contributed by atoms with Crippen LogP contribution in [-0.4, -0.2) is 20.1 Å². The first-order chi connectivity index (χ1) is 7.63. The minimum absolute atomic E-state index is 0.376. The number of hydrogen-bond donors (Lipinski definition) is 2. The Morgan fingerprint density at radius 2 is 2.31 bits per heavy atom. The van der Waals surface area contributed by atoms with E-state index in [-0.39, 0.29) is 0 Å². The number of nitrogens with one attached hydrogen (secondary N) is 1. The number of ether oxygens (including phenoxy) is 1. The van der Waals surface area contributed by atoms with E-state index >= 15 is 0 Å². The van der Waals surface area contributed by atoms with Crippen molar-refractivity contribution in [1.29, 1.82) is 5.26 Å². The van der Waals surface area contributed by atoms with Crippen LogP contribution >= 0.6 is 0 Å². The SMILES string of the molecule is CNC(C(N)=O)c1ccc(OC)c(C#N)c1. The number of amides is 1. The summed E-state index contributed by atoms with van der Waals surface area (Å²) < 4.78 is 5.01. The Morgan fingerprint density at radius 3 is 2.75 bits per heavy atom. The zero-order valence-corrected chi connectivity index (χ0v) is 9.15. The molecule has 84 valence electrons. The minimum atomic E-state index is -0.599. The van der Waals surface area contributed by atoms with E-state index in [1.54, 1.807) is 25.2 Å². The number of carbonyl (C=O) groups is 1. The second-order valence-corrected chi connectivity index (χ2v) is 3.20. The fourth-order valence-electron chi connectivity index (χ4n) is 1.47. The highest BCUT2D eigenvalue weighted by Crippen LogP contribution is 2.22. The largest absolute Gasteiger partial charge is 0.495 e. The molecule has 1 rings (SSSR count). The van der Waals surface area contributed by atoms with Gasteiger partial charge < -0.3 is 15.8 Å². The summed E-state index contributed by atoms with van der Waals surface area (Å²) in [5.41, 5.74) is 6.25. The topological polar surface area (TPSA) is 88.1 Å². The summed E-state index contributed by atoms with van der Waals surface area (Å²) >= 11 is 0. The number of likely N-dealkylation sites (N-methyl/N-ethyl adjacent to an activating group) is 1. The first kappa shape index (κ1) is 12.0. The number of nitriles is 1. The summed E-state index contributed by atoms with van der Waals surface area (Å²) in [6, 6.07) is 6.33. The number of primary amides is 1. The Hall–Kier alpha value is -2.06. The molecular weight excluding hydrogens is 206 g/mol. The molecule has 0 spiro atoms. The molecule has 0 saturated carbocycles. The number of carbonyl (C=O) groups excluding carboxylic acids is 1. The van der Waals surface area contributed by atoms with Crippen molar-refractivity contribution in [1.82, 2.24) is 5.32 Å². The van der Waals surface area contributed by atoms with E-state index in [9.17, 15) is 4.79 Å². The predicted octanol–water partition coefficient (Wildman–Crippen LogP) is 0.313. The van der Waals surface area contributed by atoms with E-state index in [1.807, 2.05) is 6.07 Å². The lowest BCUT2D eigenvalue weighted by Crippen LogP contribution is -2.31. The normalized spacial score (nSPS) is 11.6. The smallest absolute Gasteiger partial charge is 0.239 e. The highest BCUT2D eigenvalue weighted by molar-refractivity contribution is 5.81. The van der Waals surface area contributed by atoms with Crippen LogP contribution in [0.15, 0.2) is 18.2 Å². The van der Waals surface area contributed by atoms with Crippen LogP contribution in [0.3, 0.4) is 0 Å². The van der Waals surface area contributed by atoms with Crippen LogP contribution in [0.1, 0.15) is 17.2 Å². The molecule has 1 unspecified atom stereocenters. The van der Waals surface area contributed by atoms with Crippen LogP contribution in [0.4, 0.5) is 0 Å². The fourth-order valence-corrected chi connectivity index (χ4v) is 1.47. The van der Waals surface area contributed by atoms with Gasteiger partial charge in [-0.25, -0.2) is 0 Å². The summed E-state index contributed by atoms with van der Waals surface area (Å²) in [6.07, 6.45) is 0. The molecule has 5 nitrogen and oxygen atoms in total. The molecule has 0 aliphatic carbocycles. The van der Waals surface area contributed by atoms with Crippen molar-refractivity contribution in [2.75, 3.05) is 14.2 Å². The maximum Gasteiger partial charge on any atom is 0.239 e. The number of rotatable bonds is 4. The second kappa shape index (κ2) is 5.14. The van der Waals surface area contributed by atoms with Crippen molar-refractivity contribution in [3.05, 3.63) is 29.3 Å². The van der Waals surface area contributed by atoms with Crippen LogP contribution in [0.2, 0.25) is 0 Å². The number of methoxy groups -OCH3 is 1. The molecule has 1 aromatic rings. The minimum Gasteiger partial charge on any atom is -0.495 e. The molecule has 3 N–H and O–H groups in total. The molecule has 0 bridgehead atoms. The van der Waals surface area contributed by atoms with E-state index in [0.717, 1.165) is 0 Å². The highest BCUT2D eigenvalue weighted by atomic mass is 16.5. The number of nitrogens with zero attached hydrogens (tertiary/aromatic N) is 1. The van der Waals surface area contributed by atoms with Crippen LogP contribution in [-0.2, 0) is 4.79 Å². The van der Waals surface area contributed by atoms with Crippen molar-refractivity contribution >= 4 is 5.91 Å². The van der Waals surface area contributed by atoms with E-state index in [4.69, 9.17) is 15.7 Å². The summed E-state index contributed by atoms with van der Waals surface area (Å²) in [5, 5.41) is 11.7. The Balaban J connectivity index is 3.17. The molecule has 5 heteroatoms. The Bertz CT molecular complexity index is 437. The number of benzene rings is 1. The number of hydrogen-bond acceptors (Lipinski definition) is 4. The van der Waals surface area contributed by atoms with Crippen molar-refractivity contribution in [3.63, 3.8) is 0 Å². The van der Waals surface area contributed by atoms with Gasteiger partial charge in [-0.15, -0.1) is 0 Å². The Morgan fingerprint density at radius 1 is 1.62 bits per heavy atom. The van der Waals surface area contributed by atoms with Gasteiger partial charge in [0.1, 0.15) is 17.9 Å². The summed E-state index contributed by atoms with van der Waals surface area (Å²) in [4.78, 5) is 11.1. The van der Waals surface area contributed by atoms with Crippen LogP contribution in [0.25, 0.3) is 0 Å². The monoisotopic (exact) mass is 219 g/mol. The third-order valence-corrected chi connectivity index (χ3v) is 2.25. The van der Waals surface area contributed by atoms with Gasteiger partial charge in [-0.1, -0.05) is 6.07 Å². The van der Waals surface area contributed by atoms with Gasteiger partial charge in [-0.3, -0.25) is 4.79 Å². The van der Waals surface area contributed by atoms with E-state index in [2.05, 4.69) is 5.32 Å². The Labute approximate surface area is 93.8 Å². The molecule has 0 saturated heterocycles. The van der Waals surface area contributed by atoms with Crippen molar-refractivity contribution in [3.8, 4) is 11.8 Å². The quantitative estimate of drug-likeness (QED) is 0.763. The van der Waals surface area contributed by atoms with Gasteiger partial charge in [0.15, 0.2) is 0 Å². The van der Waals surface area contributed by atoms with Crippen molar-refractivity contribution < 1.29 is 9.53 Å². The molecule has 1 aromatic carbocycles. The van der Waals surface area contributed by atoms with Gasteiger partial charge in [0.2, 0.25) is 5.91 Å². The van der Waals surface area contributed by atoms with Crippen molar-refractivity contribution in [2.24, 2.45) is 5.73 Å². The van der Waals surface area contributed by atoms with Gasteiger partial charge in [0, 0.05) is 0 Å². The van der Waals surface area contributed by atoms with Gasteiger partial charge >= 0.3 is 0 Å². The van der Waals surface area contributed by atoms with Gasteiger partial charge in [-0.05, 0) is 24.7 Å². The number of nitrogens with two attached hydrogens (primary N) is 1. The predicted molar refractivity (Wildman–Crippen MR) is 58.7 cm³/mol. The van der Waals surface area contributed by atoms with Crippen LogP contribution in [0, 0.1) is 11.3 Å². The average Bonchev–Trinajstić information content (AvgIpc) is 2.29. The molecule has 1 amide bonds. The lowest BCUT2D eigenvalue weighted by Gasteiger charge is -2.13. The summed E-state index contributed by atoms with van der Waals surface area (Å²) in [7, 11) is 3.12. The van der Waals surface area contributed by atoms with E-state index in [1.165, 1.54) is 7.11 Å². The first-order valence-electron chi connectivity index (χ1n) is 4.68. The molecule has 0 heterocycles. The fraction of sp³-hybridized carbons (Fsp3) is 0.273. The standard InChI is InChI=1S/C11H13N3O2/c1-14-10(11(13)15)7-3-4-9(16-2)8(5-7)6-12/h3-5,10,14H,1-2H3,(H2,13,15). The Kier molecular flexibility index (Phi) is 3.86. The molecular formula is C11H13N3O2. The van der Waals surface area contributed by atoms with Gasteiger partial charge in [0.25, 0.3) is 0 Å². The zero-order valence-electron chi connectivity index (χ0n) is 9.15. The lowest BCUT2D eigenvalue weighted by molar-refractivity contribution is -0.120. The van der Waals surface area contributed by atoms with Crippen LogP contribution in [0.5, 0.6) is 5.75 Å². The van der Waals surface area contributed by atoms with Crippen LogP contribution < -0.4 is 15.8 Å². The lowest BCUT2D eigenvalue weighted by atomic mass is 10.0. The molecule has 0 aliphatic rings. The average molecular weight is 219 g/mol. The van der Waals surface area contributed by atoms with E-state index < -0.39 is 11.9 Å². The highest BCUT2D eigenvalue weighted by Gasteiger charge is 2.16. The third kappa shape index (κ3) is 2.30. The molecule has 1 atom stereocenters. The third-order valence-electron chi connectivity index (χ3n) is 2.25. The maximum atomic E-state index is 11.1. The molecule has 0 aliphatic heterocycles. The summed E-state index contributed by atoms with van der Waals surface area (Å²) in [6.45, 7) is 0. The second-order valence-electron chi connectivity index (χ2n) is 3.20. The zero-order chi connectivity index (χ0) is 12.1. The van der Waals surface area contributed by atoms with Gasteiger partial charge in [-0.2, -0.15) is 5.26 Å². The van der Waals surface area contributed by atoms with Gasteiger partial charge in [0.05, 0.1) is 12.7 Å². The molecule has 0 aromatic heterocycles. The van der Waals surface area contributed by atoms with E-state index in [0.29, 0.717) is 16.9 Å². The molecule has 16 heavy (non-hydrogen) atoms. The van der Waals surface area contributed by atoms with Crippen molar-refractivity contribution in [2.45, 2.75) is 6.04 Å². The maximum absolute atomic E-state index is 11.1. The summed E-state index contributed by atoms with van der Waals surface area (Å²) in [5.74, 6) is -0.0119. The first-order valence-corrected chi connectivity index (χ1v) is 4.68. The molecule has 0 fully saturated rings.